The number of nitrogens with one attached hydrogen (secondary N) is 2. The predicted molar refractivity (Wildman–Crippen MR) is 132 cm³/mol. The molecule has 0 amide bonds. The van der Waals surface area contributed by atoms with Crippen molar-refractivity contribution < 1.29 is 0 Å². The minimum absolute atomic E-state index is 0.283. The molecular formula is C26H39N5. The molecule has 1 fully saturated rings. The highest BCUT2D eigenvalue weighted by molar-refractivity contribution is 5.79. The minimum atomic E-state index is 0.283. The van der Waals surface area contributed by atoms with Gasteiger partial charge < -0.3 is 15.5 Å². The molecule has 5 nitrogen and oxygen atoms in total. The monoisotopic (exact) mass is 421 g/mol. The van der Waals surface area contributed by atoms with Crippen LogP contribution in [0.25, 0.3) is 0 Å². The number of nitrogens with zero attached hydrogens (tertiary/aromatic N) is 3. The number of rotatable bonds is 9. The topological polar surface area (TPSA) is 42.9 Å². The van der Waals surface area contributed by atoms with E-state index in [2.05, 4.69) is 102 Å². The highest BCUT2D eigenvalue weighted by Gasteiger charge is 2.20. The molecule has 2 N–H and O–H groups in total. The zero-order valence-electron chi connectivity index (χ0n) is 19.4. The Morgan fingerprint density at radius 2 is 1.45 bits per heavy atom. The second-order valence-electron chi connectivity index (χ2n) is 8.29. The number of likely N-dealkylation sites (N-methyl/N-ethyl adjacent to an activating group) is 1. The molecular weight excluding hydrogens is 382 g/mol. The van der Waals surface area contributed by atoms with Crippen LogP contribution in [0.5, 0.6) is 0 Å². The number of piperazine rings is 1. The lowest BCUT2D eigenvalue weighted by atomic mass is 9.91. The Bertz CT molecular complexity index is 729. The summed E-state index contributed by atoms with van der Waals surface area (Å²) in [6.07, 6.45) is 0. The molecule has 1 aliphatic rings. The van der Waals surface area contributed by atoms with Crippen molar-refractivity contribution in [3.05, 3.63) is 71.8 Å². The van der Waals surface area contributed by atoms with Gasteiger partial charge in [-0.1, -0.05) is 67.6 Å². The molecule has 0 saturated carbocycles. The Morgan fingerprint density at radius 3 is 1.97 bits per heavy atom. The third-order valence-electron chi connectivity index (χ3n) is 6.21. The molecule has 0 aromatic heterocycles. The van der Waals surface area contributed by atoms with Gasteiger partial charge in [0.2, 0.25) is 0 Å². The summed E-state index contributed by atoms with van der Waals surface area (Å²) in [6.45, 7) is 14.9. The van der Waals surface area contributed by atoms with Crippen LogP contribution in [0.4, 0.5) is 0 Å². The average molecular weight is 422 g/mol. The van der Waals surface area contributed by atoms with Gasteiger partial charge in [0.15, 0.2) is 5.96 Å². The van der Waals surface area contributed by atoms with E-state index in [1.165, 1.54) is 24.2 Å². The third kappa shape index (κ3) is 7.08. The van der Waals surface area contributed by atoms with E-state index in [9.17, 15) is 0 Å². The van der Waals surface area contributed by atoms with E-state index < -0.39 is 0 Å². The summed E-state index contributed by atoms with van der Waals surface area (Å²) >= 11 is 0. The summed E-state index contributed by atoms with van der Waals surface area (Å²) in [5.41, 5.74) is 2.64. The highest BCUT2D eigenvalue weighted by atomic mass is 15.3. The van der Waals surface area contributed by atoms with Gasteiger partial charge in [0.05, 0.1) is 6.54 Å². The maximum Gasteiger partial charge on any atom is 0.191 e. The van der Waals surface area contributed by atoms with Crippen molar-refractivity contribution >= 4 is 5.96 Å². The summed E-state index contributed by atoms with van der Waals surface area (Å²) < 4.78 is 0. The van der Waals surface area contributed by atoms with E-state index in [1.54, 1.807) is 0 Å². The van der Waals surface area contributed by atoms with Crippen LogP contribution in [0, 0.1) is 0 Å². The van der Waals surface area contributed by atoms with E-state index in [1.807, 2.05) is 0 Å². The van der Waals surface area contributed by atoms with Gasteiger partial charge in [-0.25, -0.2) is 0 Å². The first kappa shape index (κ1) is 23.3. The molecule has 0 radical (unpaired) electrons. The van der Waals surface area contributed by atoms with Gasteiger partial charge in [-0.15, -0.1) is 0 Å². The van der Waals surface area contributed by atoms with Crippen molar-refractivity contribution in [1.29, 1.82) is 0 Å². The molecule has 3 rings (SSSR count). The lowest BCUT2D eigenvalue weighted by Crippen LogP contribution is -2.50. The molecule has 2 aromatic carbocycles. The van der Waals surface area contributed by atoms with Gasteiger partial charge in [-0.2, -0.15) is 0 Å². The number of aliphatic imine (C=N–C) groups is 1. The molecule has 0 aliphatic carbocycles. The zero-order chi connectivity index (χ0) is 21.9. The second-order valence-corrected chi connectivity index (χ2v) is 8.29. The van der Waals surface area contributed by atoms with Gasteiger partial charge in [0.1, 0.15) is 0 Å². The van der Waals surface area contributed by atoms with E-state index in [-0.39, 0.29) is 5.92 Å². The average Bonchev–Trinajstić information content (AvgIpc) is 2.83. The summed E-state index contributed by atoms with van der Waals surface area (Å²) in [4.78, 5) is 10.0. The SMILES string of the molecule is CCNC(=NCC(C)N1CCN(CC)CC1)NCC(c1ccccc1)c1ccccc1. The highest BCUT2D eigenvalue weighted by Crippen LogP contribution is 2.23. The Hall–Kier alpha value is -2.37. The molecule has 168 valence electrons. The van der Waals surface area contributed by atoms with Gasteiger partial charge in [-0.05, 0) is 31.5 Å². The van der Waals surface area contributed by atoms with Crippen molar-refractivity contribution in [1.82, 2.24) is 20.4 Å². The number of guanidine groups is 1. The molecule has 0 spiro atoms. The molecule has 0 bridgehead atoms. The Morgan fingerprint density at radius 1 is 0.871 bits per heavy atom. The first-order valence-electron chi connectivity index (χ1n) is 11.8. The van der Waals surface area contributed by atoms with Crippen LogP contribution >= 0.6 is 0 Å². The maximum absolute atomic E-state index is 4.93. The van der Waals surface area contributed by atoms with E-state index >= 15 is 0 Å². The van der Waals surface area contributed by atoms with Gasteiger partial charge >= 0.3 is 0 Å². The van der Waals surface area contributed by atoms with Crippen molar-refractivity contribution in [2.75, 3.05) is 52.4 Å². The van der Waals surface area contributed by atoms with Crippen molar-refractivity contribution in [2.45, 2.75) is 32.7 Å². The minimum Gasteiger partial charge on any atom is -0.357 e. The molecule has 1 saturated heterocycles. The molecule has 1 unspecified atom stereocenters. The van der Waals surface area contributed by atoms with Gasteiger partial charge in [0, 0.05) is 51.2 Å². The van der Waals surface area contributed by atoms with Gasteiger partial charge in [0.25, 0.3) is 0 Å². The summed E-state index contributed by atoms with van der Waals surface area (Å²) in [5.74, 6) is 1.18. The third-order valence-corrected chi connectivity index (χ3v) is 6.21. The molecule has 1 atom stereocenters. The fourth-order valence-electron chi connectivity index (χ4n) is 4.20. The van der Waals surface area contributed by atoms with Crippen LogP contribution in [0.2, 0.25) is 0 Å². The van der Waals surface area contributed by atoms with E-state index in [0.29, 0.717) is 6.04 Å². The first-order chi connectivity index (χ1) is 15.2. The molecule has 1 heterocycles. The van der Waals surface area contributed by atoms with Crippen LogP contribution in [0.15, 0.2) is 65.7 Å². The molecule has 31 heavy (non-hydrogen) atoms. The molecule has 1 aliphatic heterocycles. The Balaban J connectivity index is 1.62. The predicted octanol–water partition coefficient (Wildman–Crippen LogP) is 3.40. The Kier molecular flexibility index (Phi) is 9.38. The quantitative estimate of drug-likeness (QED) is 0.481. The second kappa shape index (κ2) is 12.5. The number of benzene rings is 2. The lowest BCUT2D eigenvalue weighted by Gasteiger charge is -2.37. The Labute approximate surface area is 188 Å². The standard InChI is InChI=1S/C26H39N5/c1-4-27-26(28-20-22(3)31-18-16-30(5-2)17-19-31)29-21-25(23-12-8-6-9-13-23)24-14-10-7-11-15-24/h6-15,22,25H,4-5,16-21H2,1-3H3,(H2,27,28,29). The van der Waals surface area contributed by atoms with Crippen LogP contribution < -0.4 is 10.6 Å². The molecule has 2 aromatic rings. The van der Waals surface area contributed by atoms with Crippen LogP contribution in [-0.2, 0) is 0 Å². The fourth-order valence-corrected chi connectivity index (χ4v) is 4.20. The van der Waals surface area contributed by atoms with E-state index in [4.69, 9.17) is 4.99 Å². The summed E-state index contributed by atoms with van der Waals surface area (Å²) in [6, 6.07) is 21.9. The fraction of sp³-hybridized carbons (Fsp3) is 0.500. The first-order valence-corrected chi connectivity index (χ1v) is 11.8. The smallest absolute Gasteiger partial charge is 0.191 e. The number of hydrogen-bond donors (Lipinski definition) is 2. The van der Waals surface area contributed by atoms with Crippen molar-refractivity contribution in [3.8, 4) is 0 Å². The van der Waals surface area contributed by atoms with Crippen molar-refractivity contribution in [3.63, 3.8) is 0 Å². The maximum atomic E-state index is 4.93. The van der Waals surface area contributed by atoms with Crippen LogP contribution in [0.3, 0.4) is 0 Å². The van der Waals surface area contributed by atoms with Crippen molar-refractivity contribution in [2.24, 2.45) is 4.99 Å². The lowest BCUT2D eigenvalue weighted by molar-refractivity contribution is 0.109. The summed E-state index contributed by atoms with van der Waals surface area (Å²) in [5, 5.41) is 7.03. The summed E-state index contributed by atoms with van der Waals surface area (Å²) in [7, 11) is 0. The van der Waals surface area contributed by atoms with Crippen LogP contribution in [-0.4, -0.2) is 74.2 Å². The van der Waals surface area contributed by atoms with E-state index in [0.717, 1.165) is 45.2 Å². The largest absolute Gasteiger partial charge is 0.357 e. The van der Waals surface area contributed by atoms with Crippen LogP contribution in [0.1, 0.15) is 37.8 Å². The zero-order valence-corrected chi connectivity index (χ0v) is 19.4. The normalized spacial score (nSPS) is 17.0. The van der Waals surface area contributed by atoms with Gasteiger partial charge in [-0.3, -0.25) is 9.89 Å². The number of hydrogen-bond acceptors (Lipinski definition) is 3. The molecule has 5 heteroatoms.